The van der Waals surface area contributed by atoms with Crippen LogP contribution in [0.25, 0.3) is 0 Å². The third-order valence-corrected chi connectivity index (χ3v) is 4.79. The average Bonchev–Trinajstić information content (AvgIpc) is 2.90. The number of hydrogen-bond donors (Lipinski definition) is 1. The predicted molar refractivity (Wildman–Crippen MR) is 84.1 cm³/mol. The zero-order valence-corrected chi connectivity index (χ0v) is 13.5. The van der Waals surface area contributed by atoms with Gasteiger partial charge in [0, 0.05) is 31.6 Å². The van der Waals surface area contributed by atoms with Gasteiger partial charge in [0.05, 0.1) is 6.54 Å². The van der Waals surface area contributed by atoms with Crippen LogP contribution in [-0.2, 0) is 19.5 Å². The molecule has 5 heteroatoms. The fourth-order valence-electron chi connectivity index (χ4n) is 3.54. The van der Waals surface area contributed by atoms with Crippen LogP contribution >= 0.6 is 0 Å². The topological polar surface area (TPSA) is 46.0 Å². The van der Waals surface area contributed by atoms with E-state index in [1.807, 2.05) is 0 Å². The van der Waals surface area contributed by atoms with E-state index in [0.717, 1.165) is 26.1 Å². The summed E-state index contributed by atoms with van der Waals surface area (Å²) in [7, 11) is 0. The van der Waals surface area contributed by atoms with Crippen LogP contribution in [0.4, 0.5) is 0 Å². The lowest BCUT2D eigenvalue weighted by molar-refractivity contribution is 0.130. The van der Waals surface area contributed by atoms with E-state index in [4.69, 9.17) is 0 Å². The molecule has 1 N–H and O–H groups in total. The summed E-state index contributed by atoms with van der Waals surface area (Å²) in [5.41, 5.74) is 0. The van der Waals surface area contributed by atoms with Gasteiger partial charge in [0.15, 0.2) is 0 Å². The van der Waals surface area contributed by atoms with E-state index >= 15 is 0 Å². The Morgan fingerprint density at radius 1 is 1.14 bits per heavy atom. The third kappa shape index (κ3) is 3.64. The molecule has 0 radical (unpaired) electrons. The molecular weight excluding hydrogens is 262 g/mol. The molecule has 0 spiro atoms. The molecule has 1 saturated heterocycles. The molecule has 0 aromatic carbocycles. The summed E-state index contributed by atoms with van der Waals surface area (Å²) < 4.78 is 2.37. The number of fused-ring (bicyclic) bond motifs is 1. The van der Waals surface area contributed by atoms with Crippen LogP contribution < -0.4 is 5.32 Å². The van der Waals surface area contributed by atoms with Crippen LogP contribution in [0.2, 0.25) is 0 Å². The molecule has 118 valence electrons. The minimum absolute atomic E-state index is 0.564. The maximum Gasteiger partial charge on any atom is 0.147 e. The Kier molecular flexibility index (Phi) is 4.91. The highest BCUT2D eigenvalue weighted by atomic mass is 15.3. The van der Waals surface area contributed by atoms with Crippen LogP contribution in [0.1, 0.15) is 57.6 Å². The van der Waals surface area contributed by atoms with Crippen LogP contribution in [0, 0.1) is 0 Å². The zero-order valence-electron chi connectivity index (χ0n) is 13.5. The second kappa shape index (κ2) is 6.88. The van der Waals surface area contributed by atoms with Gasteiger partial charge >= 0.3 is 0 Å². The Balaban J connectivity index is 1.65. The van der Waals surface area contributed by atoms with Gasteiger partial charge in [0.1, 0.15) is 11.6 Å². The number of likely N-dealkylation sites (tertiary alicyclic amines) is 1. The molecule has 5 nitrogen and oxygen atoms in total. The molecule has 0 saturated carbocycles. The molecule has 0 amide bonds. The number of hydrogen-bond acceptors (Lipinski definition) is 4. The largest absolute Gasteiger partial charge is 0.314 e. The van der Waals surface area contributed by atoms with Gasteiger partial charge in [-0.15, -0.1) is 10.2 Å². The van der Waals surface area contributed by atoms with Crippen molar-refractivity contribution in [3.05, 3.63) is 11.6 Å². The zero-order chi connectivity index (χ0) is 14.7. The smallest absolute Gasteiger partial charge is 0.147 e. The Bertz CT molecular complexity index is 454. The van der Waals surface area contributed by atoms with E-state index in [1.165, 1.54) is 50.3 Å². The van der Waals surface area contributed by atoms with Gasteiger partial charge < -0.3 is 9.88 Å². The van der Waals surface area contributed by atoms with E-state index in [1.54, 1.807) is 0 Å². The summed E-state index contributed by atoms with van der Waals surface area (Å²) >= 11 is 0. The van der Waals surface area contributed by atoms with Crippen molar-refractivity contribution in [3.63, 3.8) is 0 Å². The van der Waals surface area contributed by atoms with E-state index < -0.39 is 0 Å². The van der Waals surface area contributed by atoms with Crippen molar-refractivity contribution in [2.45, 2.75) is 77.5 Å². The van der Waals surface area contributed by atoms with Crippen molar-refractivity contribution in [2.24, 2.45) is 0 Å². The monoisotopic (exact) mass is 291 g/mol. The van der Waals surface area contributed by atoms with Gasteiger partial charge in [0.2, 0.25) is 0 Å². The molecule has 3 heterocycles. The first-order valence-electron chi connectivity index (χ1n) is 8.62. The first kappa shape index (κ1) is 15.0. The maximum absolute atomic E-state index is 4.47. The number of rotatable bonds is 5. The number of aryl methyl sites for hydroxylation is 1. The SMILES string of the molecule is CC(C)NCC1CCCCN1Cc1nnc2n1CCCC2. The first-order chi connectivity index (χ1) is 10.2. The minimum atomic E-state index is 0.564. The summed E-state index contributed by atoms with van der Waals surface area (Å²) in [4.78, 5) is 2.62. The second-order valence-electron chi connectivity index (χ2n) is 6.82. The fourth-order valence-corrected chi connectivity index (χ4v) is 3.54. The summed E-state index contributed by atoms with van der Waals surface area (Å²) in [5, 5.41) is 12.5. The number of nitrogens with zero attached hydrogens (tertiary/aromatic N) is 4. The van der Waals surface area contributed by atoms with E-state index in [9.17, 15) is 0 Å². The van der Waals surface area contributed by atoms with E-state index in [0.29, 0.717) is 12.1 Å². The standard InChI is InChI=1S/C16H29N5/c1-13(2)17-11-14-7-3-5-9-20(14)12-16-19-18-15-8-4-6-10-21(15)16/h13-14,17H,3-12H2,1-2H3. The lowest BCUT2D eigenvalue weighted by Gasteiger charge is -2.36. The highest BCUT2D eigenvalue weighted by Crippen LogP contribution is 2.21. The molecule has 1 aromatic heterocycles. The summed E-state index contributed by atoms with van der Waals surface area (Å²) in [6.45, 7) is 8.83. The first-order valence-corrected chi connectivity index (χ1v) is 8.62. The van der Waals surface area contributed by atoms with Crippen molar-refractivity contribution < 1.29 is 0 Å². The highest BCUT2D eigenvalue weighted by molar-refractivity contribution is 4.99. The van der Waals surface area contributed by atoms with Gasteiger partial charge in [-0.25, -0.2) is 0 Å². The molecule has 1 atom stereocenters. The van der Waals surface area contributed by atoms with Gasteiger partial charge in [-0.05, 0) is 32.2 Å². The quantitative estimate of drug-likeness (QED) is 0.901. The van der Waals surface area contributed by atoms with Crippen LogP contribution in [0.5, 0.6) is 0 Å². The number of aromatic nitrogens is 3. The lowest BCUT2D eigenvalue weighted by Crippen LogP contribution is -2.46. The Morgan fingerprint density at radius 2 is 2.00 bits per heavy atom. The normalized spacial score (nSPS) is 23.5. The van der Waals surface area contributed by atoms with E-state index in [2.05, 4.69) is 38.8 Å². The molecule has 2 aliphatic rings. The molecule has 2 aliphatic heterocycles. The lowest BCUT2D eigenvalue weighted by atomic mass is 10.0. The van der Waals surface area contributed by atoms with Crippen molar-refractivity contribution in [1.29, 1.82) is 0 Å². The summed E-state index contributed by atoms with van der Waals surface area (Å²) in [6.07, 6.45) is 7.63. The van der Waals surface area contributed by atoms with Gasteiger partial charge in [-0.2, -0.15) is 0 Å². The second-order valence-corrected chi connectivity index (χ2v) is 6.82. The summed E-state index contributed by atoms with van der Waals surface area (Å²) in [5.74, 6) is 2.38. The van der Waals surface area contributed by atoms with Gasteiger partial charge in [-0.3, -0.25) is 4.90 Å². The molecule has 1 unspecified atom stereocenters. The van der Waals surface area contributed by atoms with Crippen LogP contribution in [0.15, 0.2) is 0 Å². The molecule has 0 bridgehead atoms. The summed E-state index contributed by atoms with van der Waals surface area (Å²) in [6, 6.07) is 1.22. The Morgan fingerprint density at radius 3 is 2.86 bits per heavy atom. The number of piperidine rings is 1. The van der Waals surface area contributed by atoms with Gasteiger partial charge in [0.25, 0.3) is 0 Å². The van der Waals surface area contributed by atoms with Crippen molar-refractivity contribution in [2.75, 3.05) is 13.1 Å². The molecular formula is C16H29N5. The molecule has 1 fully saturated rings. The van der Waals surface area contributed by atoms with Gasteiger partial charge in [-0.1, -0.05) is 20.3 Å². The highest BCUT2D eigenvalue weighted by Gasteiger charge is 2.25. The third-order valence-electron chi connectivity index (χ3n) is 4.79. The minimum Gasteiger partial charge on any atom is -0.314 e. The Hall–Kier alpha value is -0.940. The Labute approximate surface area is 128 Å². The van der Waals surface area contributed by atoms with Crippen LogP contribution in [-0.4, -0.2) is 44.8 Å². The van der Waals surface area contributed by atoms with Crippen LogP contribution in [0.3, 0.4) is 0 Å². The van der Waals surface area contributed by atoms with Crippen molar-refractivity contribution in [3.8, 4) is 0 Å². The van der Waals surface area contributed by atoms with E-state index in [-0.39, 0.29) is 0 Å². The molecule has 1 aromatic rings. The van der Waals surface area contributed by atoms with Crippen molar-refractivity contribution in [1.82, 2.24) is 25.0 Å². The predicted octanol–water partition coefficient (Wildman–Crippen LogP) is 1.97. The molecule has 0 aliphatic carbocycles. The molecule has 3 rings (SSSR count). The maximum atomic E-state index is 4.47. The molecule has 21 heavy (non-hydrogen) atoms. The van der Waals surface area contributed by atoms with Crippen molar-refractivity contribution >= 4 is 0 Å². The average molecular weight is 291 g/mol. The fraction of sp³-hybridized carbons (Fsp3) is 0.875. The number of nitrogens with one attached hydrogen (secondary N) is 1.